The minimum absolute atomic E-state index is 0.245. The van der Waals surface area contributed by atoms with Gasteiger partial charge in [0.1, 0.15) is 11.1 Å². The second-order valence-corrected chi connectivity index (χ2v) is 12.7. The van der Waals surface area contributed by atoms with E-state index in [-0.39, 0.29) is 5.82 Å². The van der Waals surface area contributed by atoms with E-state index in [0.29, 0.717) is 42.6 Å². The zero-order valence-corrected chi connectivity index (χ0v) is 22.3. The molecule has 11 heteroatoms. The first kappa shape index (κ1) is 26.1. The summed E-state index contributed by atoms with van der Waals surface area (Å²) in [5.74, 6) is 0.173. The number of benzene rings is 1. The van der Waals surface area contributed by atoms with Crippen molar-refractivity contribution in [2.45, 2.75) is 49.7 Å². The number of halogens is 1. The number of hydrogen-bond donors (Lipinski definition) is 1. The highest BCUT2D eigenvalue weighted by molar-refractivity contribution is 7.93. The average molecular weight is 547 g/mol. The lowest BCUT2D eigenvalue weighted by molar-refractivity contribution is -0.115. The SMILES string of the molecule is CC(C(=O)Nc1cc(-c2ccc3ncn(CC4CCOCC4)c3c2)c(Cl)cn1)S(=O)(=O)C1CCOCC1. The number of fused-ring (bicyclic) bond motifs is 1. The van der Waals surface area contributed by atoms with E-state index in [9.17, 15) is 13.2 Å². The Morgan fingerprint density at radius 3 is 2.54 bits per heavy atom. The van der Waals surface area contributed by atoms with Crippen LogP contribution in [0.3, 0.4) is 0 Å². The highest BCUT2D eigenvalue weighted by atomic mass is 35.5. The lowest BCUT2D eigenvalue weighted by atomic mass is 10.00. The summed E-state index contributed by atoms with van der Waals surface area (Å²) in [6.45, 7) is 4.65. The molecule has 0 aliphatic carbocycles. The molecule has 2 saturated heterocycles. The molecular formula is C26H31ClN4O5S. The molecule has 198 valence electrons. The first-order valence-electron chi connectivity index (χ1n) is 12.6. The third-order valence-electron chi connectivity index (χ3n) is 7.33. The van der Waals surface area contributed by atoms with Crippen molar-refractivity contribution < 1.29 is 22.7 Å². The average Bonchev–Trinajstić information content (AvgIpc) is 3.32. The Balaban J connectivity index is 1.36. The Kier molecular flexibility index (Phi) is 7.80. The number of rotatable bonds is 7. The summed E-state index contributed by atoms with van der Waals surface area (Å²) in [5.41, 5.74) is 3.43. The van der Waals surface area contributed by atoms with Crippen LogP contribution in [-0.2, 0) is 30.7 Å². The van der Waals surface area contributed by atoms with Crippen molar-refractivity contribution in [3.63, 3.8) is 0 Å². The highest BCUT2D eigenvalue weighted by Crippen LogP contribution is 2.32. The van der Waals surface area contributed by atoms with Gasteiger partial charge in [-0.25, -0.2) is 18.4 Å². The molecule has 1 amide bonds. The van der Waals surface area contributed by atoms with Gasteiger partial charge in [0.15, 0.2) is 9.84 Å². The fraction of sp³-hybridized carbons (Fsp3) is 0.500. The van der Waals surface area contributed by atoms with Crippen LogP contribution in [0.15, 0.2) is 36.8 Å². The Labute approximate surface area is 221 Å². The number of hydrogen-bond acceptors (Lipinski definition) is 7. The molecule has 1 unspecified atom stereocenters. The number of anilines is 1. The smallest absolute Gasteiger partial charge is 0.243 e. The molecule has 0 radical (unpaired) electrons. The predicted octanol–water partition coefficient (Wildman–Crippen LogP) is 4.10. The molecule has 0 bridgehead atoms. The van der Waals surface area contributed by atoms with Crippen molar-refractivity contribution in [3.8, 4) is 11.1 Å². The van der Waals surface area contributed by atoms with Crippen molar-refractivity contribution in [2.24, 2.45) is 5.92 Å². The van der Waals surface area contributed by atoms with E-state index in [1.54, 1.807) is 6.07 Å². The van der Waals surface area contributed by atoms with Crippen LogP contribution in [0.25, 0.3) is 22.2 Å². The topological polar surface area (TPSA) is 112 Å². The van der Waals surface area contributed by atoms with Crippen LogP contribution in [-0.4, -0.2) is 65.8 Å². The monoisotopic (exact) mass is 546 g/mol. The van der Waals surface area contributed by atoms with Gasteiger partial charge in [0.25, 0.3) is 0 Å². The number of carbonyl (C=O) groups excluding carboxylic acids is 1. The molecule has 0 spiro atoms. The van der Waals surface area contributed by atoms with Crippen LogP contribution >= 0.6 is 11.6 Å². The number of carbonyl (C=O) groups is 1. The Hall–Kier alpha value is -2.53. The van der Waals surface area contributed by atoms with Crippen LogP contribution in [0.5, 0.6) is 0 Å². The number of nitrogens with zero attached hydrogens (tertiary/aromatic N) is 3. The Morgan fingerprint density at radius 2 is 1.81 bits per heavy atom. The van der Waals surface area contributed by atoms with Crippen LogP contribution < -0.4 is 5.32 Å². The largest absolute Gasteiger partial charge is 0.381 e. The van der Waals surface area contributed by atoms with Crippen molar-refractivity contribution in [2.75, 3.05) is 31.7 Å². The molecule has 5 rings (SSSR count). The Bertz CT molecular complexity index is 1380. The molecule has 3 aromatic rings. The Morgan fingerprint density at radius 1 is 1.11 bits per heavy atom. The molecule has 2 fully saturated rings. The predicted molar refractivity (Wildman–Crippen MR) is 142 cm³/mol. The maximum Gasteiger partial charge on any atom is 0.243 e. The lowest BCUT2D eigenvalue weighted by Gasteiger charge is -2.25. The fourth-order valence-electron chi connectivity index (χ4n) is 4.98. The van der Waals surface area contributed by atoms with E-state index >= 15 is 0 Å². The second-order valence-electron chi connectivity index (χ2n) is 9.74. The van der Waals surface area contributed by atoms with Crippen LogP contribution in [0.2, 0.25) is 5.02 Å². The zero-order chi connectivity index (χ0) is 26.0. The van der Waals surface area contributed by atoms with E-state index in [2.05, 4.69) is 19.9 Å². The minimum Gasteiger partial charge on any atom is -0.381 e. The second kappa shape index (κ2) is 11.1. The zero-order valence-electron chi connectivity index (χ0n) is 20.7. The lowest BCUT2D eigenvalue weighted by Crippen LogP contribution is -2.41. The van der Waals surface area contributed by atoms with Gasteiger partial charge in [0, 0.05) is 44.7 Å². The molecule has 2 aliphatic heterocycles. The highest BCUT2D eigenvalue weighted by Gasteiger charge is 2.36. The normalized spacial score (nSPS) is 18.6. The van der Waals surface area contributed by atoms with Gasteiger partial charge in [-0.15, -0.1) is 0 Å². The molecule has 1 atom stereocenters. The van der Waals surface area contributed by atoms with E-state index in [1.165, 1.54) is 13.1 Å². The summed E-state index contributed by atoms with van der Waals surface area (Å²) >= 11 is 6.51. The number of aromatic nitrogens is 3. The number of imidazole rings is 1. The summed E-state index contributed by atoms with van der Waals surface area (Å²) in [6, 6.07) is 7.59. The maximum atomic E-state index is 13.0. The molecule has 0 saturated carbocycles. The molecule has 1 aromatic carbocycles. The molecule has 1 N–H and O–H groups in total. The summed E-state index contributed by atoms with van der Waals surface area (Å²) < 4.78 is 38.8. The van der Waals surface area contributed by atoms with Crippen molar-refractivity contribution in [1.82, 2.24) is 14.5 Å². The standard InChI is InChI=1S/C26H31ClN4O5S/c1-17(37(33,34)20-6-10-36-11-7-20)26(32)30-25-13-21(22(27)14-28-25)19-2-3-23-24(12-19)31(16-29-23)15-18-4-8-35-9-5-18/h2-3,12-14,16-18,20H,4-11,15H2,1H3,(H,28,30,32). The fourth-order valence-corrected chi connectivity index (χ4v) is 6.97. The van der Waals surface area contributed by atoms with Gasteiger partial charge < -0.3 is 19.4 Å². The van der Waals surface area contributed by atoms with Gasteiger partial charge in [-0.1, -0.05) is 17.7 Å². The van der Waals surface area contributed by atoms with Crippen molar-refractivity contribution >= 4 is 44.2 Å². The maximum absolute atomic E-state index is 13.0. The minimum atomic E-state index is -3.65. The molecule has 2 aromatic heterocycles. The van der Waals surface area contributed by atoms with E-state index in [1.807, 2.05) is 24.5 Å². The first-order chi connectivity index (χ1) is 17.8. The van der Waals surface area contributed by atoms with Gasteiger partial charge in [-0.2, -0.15) is 0 Å². The van der Waals surface area contributed by atoms with E-state index < -0.39 is 26.2 Å². The first-order valence-corrected chi connectivity index (χ1v) is 14.6. The summed E-state index contributed by atoms with van der Waals surface area (Å²) in [5, 5.41) is 1.32. The quantitative estimate of drug-likeness (QED) is 0.474. The number of nitrogens with one attached hydrogen (secondary N) is 1. The molecule has 37 heavy (non-hydrogen) atoms. The van der Waals surface area contributed by atoms with Gasteiger partial charge in [0.2, 0.25) is 5.91 Å². The van der Waals surface area contributed by atoms with E-state index in [0.717, 1.165) is 49.2 Å². The number of ether oxygens (including phenoxy) is 2. The third kappa shape index (κ3) is 5.67. The molecule has 9 nitrogen and oxygen atoms in total. The summed E-state index contributed by atoms with van der Waals surface area (Å²) in [7, 11) is -3.65. The molecule has 2 aliphatic rings. The van der Waals surface area contributed by atoms with E-state index in [4.69, 9.17) is 21.1 Å². The molecule has 4 heterocycles. The number of amides is 1. The van der Waals surface area contributed by atoms with Crippen LogP contribution in [0, 0.1) is 5.92 Å². The molecular weight excluding hydrogens is 516 g/mol. The van der Waals surface area contributed by atoms with Gasteiger partial charge in [-0.05, 0) is 62.3 Å². The van der Waals surface area contributed by atoms with Crippen LogP contribution in [0.1, 0.15) is 32.6 Å². The van der Waals surface area contributed by atoms with Crippen molar-refractivity contribution in [1.29, 1.82) is 0 Å². The van der Waals surface area contributed by atoms with Gasteiger partial charge >= 0.3 is 0 Å². The third-order valence-corrected chi connectivity index (χ3v) is 10.2. The number of sulfone groups is 1. The van der Waals surface area contributed by atoms with Crippen LogP contribution in [0.4, 0.5) is 5.82 Å². The number of pyridine rings is 1. The van der Waals surface area contributed by atoms with Gasteiger partial charge in [0.05, 0.1) is 27.6 Å². The van der Waals surface area contributed by atoms with Crippen molar-refractivity contribution in [3.05, 3.63) is 41.8 Å². The van der Waals surface area contributed by atoms with Gasteiger partial charge in [-0.3, -0.25) is 4.79 Å². The summed E-state index contributed by atoms with van der Waals surface area (Å²) in [6.07, 6.45) is 6.19. The summed E-state index contributed by atoms with van der Waals surface area (Å²) in [4.78, 5) is 21.7.